The SMILES string of the molecule is Cc1ccc(F)cc1C(=O)N(CCBr)CC(F)(F)F. The quantitative estimate of drug-likeness (QED) is 0.606. The predicted molar refractivity (Wildman–Crippen MR) is 66.9 cm³/mol. The van der Waals surface area contributed by atoms with E-state index in [2.05, 4.69) is 15.9 Å². The van der Waals surface area contributed by atoms with Gasteiger partial charge in [-0.3, -0.25) is 4.79 Å². The molecule has 1 rings (SSSR count). The molecule has 0 bridgehead atoms. The highest BCUT2D eigenvalue weighted by Gasteiger charge is 2.33. The largest absolute Gasteiger partial charge is 0.406 e. The van der Waals surface area contributed by atoms with Gasteiger partial charge < -0.3 is 4.90 Å². The molecule has 0 atom stereocenters. The molecule has 0 radical (unpaired) electrons. The van der Waals surface area contributed by atoms with Gasteiger partial charge >= 0.3 is 6.18 Å². The summed E-state index contributed by atoms with van der Waals surface area (Å²) in [6.45, 7) is 0.0915. The first-order valence-corrected chi connectivity index (χ1v) is 6.55. The highest BCUT2D eigenvalue weighted by atomic mass is 79.9. The number of benzene rings is 1. The van der Waals surface area contributed by atoms with Gasteiger partial charge in [-0.15, -0.1) is 0 Å². The van der Waals surface area contributed by atoms with Gasteiger partial charge in [0, 0.05) is 17.4 Å². The maximum Gasteiger partial charge on any atom is 0.406 e. The van der Waals surface area contributed by atoms with E-state index >= 15 is 0 Å². The van der Waals surface area contributed by atoms with E-state index < -0.39 is 24.4 Å². The molecule has 0 aliphatic carbocycles. The Morgan fingerprint density at radius 2 is 2.00 bits per heavy atom. The first kappa shape index (κ1) is 15.9. The van der Waals surface area contributed by atoms with Crippen molar-refractivity contribution in [3.8, 4) is 0 Å². The predicted octanol–water partition coefficient (Wildman–Crippen LogP) is 3.53. The van der Waals surface area contributed by atoms with Crippen LogP contribution in [0.1, 0.15) is 15.9 Å². The molecule has 1 aromatic carbocycles. The third kappa shape index (κ3) is 4.81. The van der Waals surface area contributed by atoms with E-state index in [-0.39, 0.29) is 17.4 Å². The number of aryl methyl sites for hydroxylation is 1. The van der Waals surface area contributed by atoms with Crippen molar-refractivity contribution in [3.05, 3.63) is 35.1 Å². The van der Waals surface area contributed by atoms with Gasteiger partial charge in [0.15, 0.2) is 0 Å². The summed E-state index contributed by atoms with van der Waals surface area (Å²) in [6.07, 6.45) is -4.49. The Morgan fingerprint density at radius 3 is 2.53 bits per heavy atom. The van der Waals surface area contributed by atoms with Gasteiger partial charge in [-0.25, -0.2) is 4.39 Å². The van der Waals surface area contributed by atoms with Gasteiger partial charge in [0.1, 0.15) is 12.4 Å². The Hall–Kier alpha value is -1.11. The number of carbonyl (C=O) groups is 1. The van der Waals surface area contributed by atoms with Crippen molar-refractivity contribution in [2.24, 2.45) is 0 Å². The lowest BCUT2D eigenvalue weighted by molar-refractivity contribution is -0.140. The van der Waals surface area contributed by atoms with Crippen LogP contribution < -0.4 is 0 Å². The summed E-state index contributed by atoms with van der Waals surface area (Å²) in [4.78, 5) is 12.7. The highest BCUT2D eigenvalue weighted by molar-refractivity contribution is 9.09. The molecule has 0 aromatic heterocycles. The molecule has 0 saturated heterocycles. The van der Waals surface area contributed by atoms with E-state index in [1.54, 1.807) is 6.92 Å². The third-order valence-corrected chi connectivity index (χ3v) is 2.80. The minimum absolute atomic E-state index is 0.0507. The zero-order chi connectivity index (χ0) is 14.6. The number of carbonyl (C=O) groups excluding carboxylic acids is 1. The Labute approximate surface area is 116 Å². The average Bonchev–Trinajstić information content (AvgIpc) is 2.29. The van der Waals surface area contributed by atoms with E-state index in [4.69, 9.17) is 0 Å². The van der Waals surface area contributed by atoms with Crippen LogP contribution in [0, 0.1) is 12.7 Å². The fourth-order valence-electron chi connectivity index (χ4n) is 1.57. The topological polar surface area (TPSA) is 20.3 Å². The highest BCUT2D eigenvalue weighted by Crippen LogP contribution is 2.20. The van der Waals surface area contributed by atoms with Gasteiger partial charge in [-0.2, -0.15) is 13.2 Å². The zero-order valence-corrected chi connectivity index (χ0v) is 11.7. The molecule has 0 saturated carbocycles. The monoisotopic (exact) mass is 341 g/mol. The zero-order valence-electron chi connectivity index (χ0n) is 10.1. The molecule has 7 heteroatoms. The molecular formula is C12H12BrF4NO. The fraction of sp³-hybridized carbons (Fsp3) is 0.417. The Morgan fingerprint density at radius 1 is 1.37 bits per heavy atom. The second-order valence-electron chi connectivity index (χ2n) is 3.99. The maximum atomic E-state index is 13.1. The first-order valence-electron chi connectivity index (χ1n) is 5.42. The van der Waals surface area contributed by atoms with Gasteiger partial charge in [0.05, 0.1) is 0 Å². The summed E-state index contributed by atoms with van der Waals surface area (Å²) >= 11 is 3.00. The van der Waals surface area contributed by atoms with E-state index in [1.165, 1.54) is 6.07 Å². The van der Waals surface area contributed by atoms with Crippen molar-refractivity contribution in [1.29, 1.82) is 0 Å². The molecule has 2 nitrogen and oxygen atoms in total. The van der Waals surface area contributed by atoms with Crippen molar-refractivity contribution >= 4 is 21.8 Å². The lowest BCUT2D eigenvalue weighted by Crippen LogP contribution is -2.40. The normalized spacial score (nSPS) is 11.5. The molecule has 0 aliphatic rings. The maximum absolute atomic E-state index is 13.1. The Balaban J connectivity index is 3.02. The second-order valence-corrected chi connectivity index (χ2v) is 4.78. The Bertz CT molecular complexity index is 462. The van der Waals surface area contributed by atoms with Crippen LogP contribution in [0.3, 0.4) is 0 Å². The minimum atomic E-state index is -4.49. The molecular weight excluding hydrogens is 330 g/mol. The molecule has 1 aromatic rings. The molecule has 0 fully saturated rings. The van der Waals surface area contributed by atoms with Crippen LogP contribution in [-0.2, 0) is 0 Å². The van der Waals surface area contributed by atoms with Crippen LogP contribution in [0.25, 0.3) is 0 Å². The third-order valence-electron chi connectivity index (χ3n) is 2.44. The summed E-state index contributed by atoms with van der Waals surface area (Å²) in [7, 11) is 0. The summed E-state index contributed by atoms with van der Waals surface area (Å²) in [5.41, 5.74) is 0.387. The molecule has 106 valence electrons. The summed E-state index contributed by atoms with van der Waals surface area (Å²) < 4.78 is 50.3. The van der Waals surface area contributed by atoms with Crippen LogP contribution in [0.15, 0.2) is 18.2 Å². The number of amides is 1. The molecule has 0 spiro atoms. The molecule has 0 N–H and O–H groups in total. The standard InChI is InChI=1S/C12H12BrF4NO/c1-8-2-3-9(14)6-10(8)11(19)18(5-4-13)7-12(15,16)17/h2-3,6H,4-5,7H2,1H3. The van der Waals surface area contributed by atoms with E-state index in [1.807, 2.05) is 0 Å². The van der Waals surface area contributed by atoms with Gasteiger partial charge in [0.25, 0.3) is 5.91 Å². The number of alkyl halides is 4. The number of rotatable bonds is 4. The van der Waals surface area contributed by atoms with Crippen molar-refractivity contribution in [1.82, 2.24) is 4.90 Å². The number of hydrogen-bond donors (Lipinski definition) is 0. The molecule has 1 amide bonds. The molecule has 0 unspecified atom stereocenters. The summed E-state index contributed by atoms with van der Waals surface area (Å²) in [5.74, 6) is -1.48. The van der Waals surface area contributed by atoms with Crippen LogP contribution in [-0.4, -0.2) is 35.4 Å². The lowest BCUT2D eigenvalue weighted by atomic mass is 10.1. The second kappa shape index (κ2) is 6.36. The van der Waals surface area contributed by atoms with E-state index in [0.717, 1.165) is 12.1 Å². The summed E-state index contributed by atoms with van der Waals surface area (Å²) in [6, 6.07) is 3.47. The van der Waals surface area contributed by atoms with Crippen molar-refractivity contribution in [2.75, 3.05) is 18.4 Å². The van der Waals surface area contributed by atoms with Crippen LogP contribution in [0.5, 0.6) is 0 Å². The first-order chi connectivity index (χ1) is 8.74. The van der Waals surface area contributed by atoms with Crippen molar-refractivity contribution < 1.29 is 22.4 Å². The smallest absolute Gasteiger partial charge is 0.329 e. The van der Waals surface area contributed by atoms with E-state index in [0.29, 0.717) is 10.5 Å². The molecule has 19 heavy (non-hydrogen) atoms. The molecule has 0 aliphatic heterocycles. The average molecular weight is 342 g/mol. The van der Waals surface area contributed by atoms with Crippen LogP contribution >= 0.6 is 15.9 Å². The van der Waals surface area contributed by atoms with Gasteiger partial charge in [-0.1, -0.05) is 22.0 Å². The van der Waals surface area contributed by atoms with Crippen LogP contribution in [0.2, 0.25) is 0 Å². The number of hydrogen-bond acceptors (Lipinski definition) is 1. The number of nitrogens with zero attached hydrogens (tertiary/aromatic N) is 1. The number of halogens is 5. The lowest BCUT2D eigenvalue weighted by Gasteiger charge is -2.23. The fourth-order valence-corrected chi connectivity index (χ4v) is 1.99. The van der Waals surface area contributed by atoms with Gasteiger partial charge in [-0.05, 0) is 24.6 Å². The summed E-state index contributed by atoms with van der Waals surface area (Å²) in [5, 5.41) is 0.211. The van der Waals surface area contributed by atoms with E-state index in [9.17, 15) is 22.4 Å². The van der Waals surface area contributed by atoms with Crippen LogP contribution in [0.4, 0.5) is 17.6 Å². The Kier molecular flexibility index (Phi) is 5.34. The minimum Gasteiger partial charge on any atom is -0.329 e. The van der Waals surface area contributed by atoms with Crippen molar-refractivity contribution in [2.45, 2.75) is 13.1 Å². The molecule has 0 heterocycles. The van der Waals surface area contributed by atoms with Gasteiger partial charge in [0.2, 0.25) is 0 Å². The van der Waals surface area contributed by atoms with Crippen molar-refractivity contribution in [3.63, 3.8) is 0 Å².